The van der Waals surface area contributed by atoms with Crippen molar-refractivity contribution in [1.29, 1.82) is 0 Å². The molecule has 9 nitrogen and oxygen atoms in total. The Morgan fingerprint density at radius 1 is 0.830 bits per heavy atom. The Balaban J connectivity index is 1.56. The smallest absolute Gasteiger partial charge is 0.303 e. The standard InChI is InChI=1S/C38H58O9/c1-20(17-28(44-22(3)40)33-35(8,9)47-33)25-13-15-37(11)26(25)18-27(43-21(2)39)31-36(10)19-29(45-23(4)41)32(46-24(5)42)34(6,7)30(36)14-16-38(31,37)12/h20,27-33H,13-19H2,1-12H3/t20-,27+,28+,29+,30+,31+,32+,33-,36+,37+,38+/m1/s1. The van der Waals surface area contributed by atoms with E-state index >= 15 is 0 Å². The molecule has 3 saturated carbocycles. The van der Waals surface area contributed by atoms with E-state index in [2.05, 4.69) is 41.5 Å². The van der Waals surface area contributed by atoms with Crippen LogP contribution in [0.25, 0.3) is 0 Å². The van der Waals surface area contributed by atoms with Gasteiger partial charge in [-0.15, -0.1) is 0 Å². The molecule has 0 aromatic heterocycles. The van der Waals surface area contributed by atoms with Crippen LogP contribution in [0.2, 0.25) is 0 Å². The van der Waals surface area contributed by atoms with E-state index in [-0.39, 0.29) is 75.8 Å². The summed E-state index contributed by atoms with van der Waals surface area (Å²) in [4.78, 5) is 49.6. The van der Waals surface area contributed by atoms with Crippen LogP contribution >= 0.6 is 0 Å². The third-order valence-electron chi connectivity index (χ3n) is 13.6. The van der Waals surface area contributed by atoms with Gasteiger partial charge >= 0.3 is 23.9 Å². The van der Waals surface area contributed by atoms with E-state index in [4.69, 9.17) is 23.7 Å². The number of fused-ring (bicyclic) bond motifs is 5. The zero-order valence-electron chi connectivity index (χ0n) is 30.7. The summed E-state index contributed by atoms with van der Waals surface area (Å²) in [5.41, 5.74) is 1.27. The molecule has 11 atom stereocenters. The summed E-state index contributed by atoms with van der Waals surface area (Å²) in [7, 11) is 0. The second-order valence-corrected chi connectivity index (χ2v) is 17.3. The molecule has 0 bridgehead atoms. The minimum Gasteiger partial charge on any atom is -0.462 e. The molecule has 4 fully saturated rings. The highest BCUT2D eigenvalue weighted by Gasteiger charge is 2.72. The van der Waals surface area contributed by atoms with Gasteiger partial charge in [-0.25, -0.2) is 0 Å². The Morgan fingerprint density at radius 2 is 1.40 bits per heavy atom. The van der Waals surface area contributed by atoms with E-state index in [1.807, 2.05) is 13.8 Å². The van der Waals surface area contributed by atoms with Crippen LogP contribution in [0.5, 0.6) is 0 Å². The highest BCUT2D eigenvalue weighted by Crippen LogP contribution is 2.75. The Kier molecular flexibility index (Phi) is 9.06. The lowest BCUT2D eigenvalue weighted by Gasteiger charge is -2.70. The number of hydrogen-bond acceptors (Lipinski definition) is 9. The second kappa shape index (κ2) is 11.9. The predicted octanol–water partition coefficient (Wildman–Crippen LogP) is 6.89. The molecule has 9 heteroatoms. The van der Waals surface area contributed by atoms with Crippen molar-refractivity contribution in [2.75, 3.05) is 0 Å². The van der Waals surface area contributed by atoms with Crippen molar-refractivity contribution in [3.05, 3.63) is 11.1 Å². The molecule has 1 aliphatic heterocycles. The fourth-order valence-corrected chi connectivity index (χ4v) is 11.7. The number of rotatable bonds is 8. The minimum atomic E-state index is -0.607. The lowest BCUT2D eigenvalue weighted by molar-refractivity contribution is -0.261. The topological polar surface area (TPSA) is 118 Å². The van der Waals surface area contributed by atoms with Crippen molar-refractivity contribution in [2.24, 2.45) is 39.4 Å². The van der Waals surface area contributed by atoms with Gasteiger partial charge in [0.2, 0.25) is 0 Å². The molecule has 0 aromatic rings. The molecule has 47 heavy (non-hydrogen) atoms. The van der Waals surface area contributed by atoms with E-state index in [1.54, 1.807) is 0 Å². The molecule has 0 unspecified atom stereocenters. The Bertz CT molecular complexity index is 1350. The maximum Gasteiger partial charge on any atom is 0.303 e. The molecule has 0 aromatic carbocycles. The molecule has 0 amide bonds. The third kappa shape index (κ3) is 5.94. The van der Waals surface area contributed by atoms with Gasteiger partial charge in [0, 0.05) is 45.4 Å². The van der Waals surface area contributed by atoms with Crippen LogP contribution in [0.3, 0.4) is 0 Å². The van der Waals surface area contributed by atoms with Gasteiger partial charge in [0.05, 0.1) is 5.60 Å². The van der Waals surface area contributed by atoms with Gasteiger partial charge in [0.1, 0.15) is 30.5 Å². The molecule has 1 heterocycles. The molecule has 5 aliphatic rings. The van der Waals surface area contributed by atoms with E-state index in [0.717, 1.165) is 25.7 Å². The van der Waals surface area contributed by atoms with Crippen LogP contribution < -0.4 is 0 Å². The van der Waals surface area contributed by atoms with Gasteiger partial charge in [-0.05, 0) is 80.5 Å². The van der Waals surface area contributed by atoms with Crippen molar-refractivity contribution in [3.8, 4) is 0 Å². The molecule has 4 aliphatic carbocycles. The number of hydrogen-bond donors (Lipinski definition) is 0. The Morgan fingerprint density at radius 3 is 1.94 bits per heavy atom. The first-order valence-electron chi connectivity index (χ1n) is 17.7. The minimum absolute atomic E-state index is 0.00822. The Labute approximate surface area is 281 Å². The summed E-state index contributed by atoms with van der Waals surface area (Å²) in [5, 5.41) is 0. The number of epoxide rings is 1. The highest BCUT2D eigenvalue weighted by molar-refractivity contribution is 5.68. The maximum atomic E-state index is 12.8. The summed E-state index contributed by atoms with van der Waals surface area (Å²) in [6, 6.07) is 0. The van der Waals surface area contributed by atoms with Crippen LogP contribution in [0.15, 0.2) is 11.1 Å². The van der Waals surface area contributed by atoms with Gasteiger partial charge in [0.15, 0.2) is 0 Å². The van der Waals surface area contributed by atoms with Crippen LogP contribution in [0, 0.1) is 39.4 Å². The van der Waals surface area contributed by atoms with Crippen molar-refractivity contribution >= 4 is 23.9 Å². The number of ether oxygens (including phenoxy) is 5. The molecule has 0 spiro atoms. The van der Waals surface area contributed by atoms with Crippen LogP contribution in [-0.4, -0.2) is 60.0 Å². The van der Waals surface area contributed by atoms with E-state index < -0.39 is 23.6 Å². The highest BCUT2D eigenvalue weighted by atomic mass is 16.6. The van der Waals surface area contributed by atoms with Crippen molar-refractivity contribution in [1.82, 2.24) is 0 Å². The van der Waals surface area contributed by atoms with Crippen molar-refractivity contribution in [3.63, 3.8) is 0 Å². The molecular formula is C38H58O9. The molecule has 5 rings (SSSR count). The van der Waals surface area contributed by atoms with E-state index in [0.29, 0.717) is 19.3 Å². The largest absolute Gasteiger partial charge is 0.462 e. The molecule has 1 saturated heterocycles. The molecular weight excluding hydrogens is 600 g/mol. The second-order valence-electron chi connectivity index (χ2n) is 17.3. The van der Waals surface area contributed by atoms with Gasteiger partial charge in [-0.2, -0.15) is 0 Å². The monoisotopic (exact) mass is 658 g/mol. The summed E-state index contributed by atoms with van der Waals surface area (Å²) in [5.74, 6) is -1.09. The zero-order valence-corrected chi connectivity index (χ0v) is 30.7. The molecule has 0 N–H and O–H groups in total. The van der Waals surface area contributed by atoms with Crippen LogP contribution in [0.4, 0.5) is 0 Å². The van der Waals surface area contributed by atoms with Gasteiger partial charge in [-0.1, -0.05) is 52.7 Å². The Hall–Kier alpha value is -2.42. The van der Waals surface area contributed by atoms with Crippen molar-refractivity contribution < 1.29 is 42.9 Å². The average Bonchev–Trinajstić information content (AvgIpc) is 3.40. The summed E-state index contributed by atoms with van der Waals surface area (Å²) in [6.07, 6.45) is 3.66. The van der Waals surface area contributed by atoms with E-state index in [1.165, 1.54) is 38.8 Å². The average molecular weight is 659 g/mol. The lowest BCUT2D eigenvalue weighted by atomic mass is 9.35. The number of carbonyl (C=O) groups excluding carboxylic acids is 4. The predicted molar refractivity (Wildman–Crippen MR) is 175 cm³/mol. The van der Waals surface area contributed by atoms with Gasteiger partial charge < -0.3 is 23.7 Å². The van der Waals surface area contributed by atoms with Gasteiger partial charge in [0.25, 0.3) is 0 Å². The van der Waals surface area contributed by atoms with Crippen LogP contribution in [0.1, 0.15) is 128 Å². The number of carbonyl (C=O) groups is 4. The molecule has 0 radical (unpaired) electrons. The fourth-order valence-electron chi connectivity index (χ4n) is 11.7. The maximum absolute atomic E-state index is 12.8. The SMILES string of the molecule is CC(=O)O[C@@H](C[C@@H](C)C1=C2C[C@H](OC(C)=O)[C@H]3[C@@]4(C)C[C@H](OC(C)=O)[C@H](OC(C)=O)C(C)(C)[C@@H]4CC[C@]3(C)[C@@]2(C)CC1)[C@H]1OC1(C)C. The quantitative estimate of drug-likeness (QED) is 0.119. The summed E-state index contributed by atoms with van der Waals surface area (Å²) in [6.45, 7) is 23.4. The first kappa shape index (κ1) is 35.9. The van der Waals surface area contributed by atoms with Crippen molar-refractivity contribution in [2.45, 2.75) is 164 Å². The number of allylic oxidation sites excluding steroid dienone is 1. The molecule has 264 valence electrons. The van der Waals surface area contributed by atoms with Gasteiger partial charge in [-0.3, -0.25) is 19.2 Å². The normalized spacial score (nSPS) is 40.9. The zero-order chi connectivity index (χ0) is 35.1. The lowest BCUT2D eigenvalue weighted by Crippen LogP contribution is -2.69. The third-order valence-corrected chi connectivity index (χ3v) is 13.6. The van der Waals surface area contributed by atoms with E-state index in [9.17, 15) is 19.2 Å². The first-order chi connectivity index (χ1) is 21.6. The fraction of sp³-hybridized carbons (Fsp3) is 0.842. The summed E-state index contributed by atoms with van der Waals surface area (Å²) < 4.78 is 30.0. The van der Waals surface area contributed by atoms with Crippen LogP contribution in [-0.2, 0) is 42.9 Å². The first-order valence-corrected chi connectivity index (χ1v) is 17.7. The number of esters is 4. The summed E-state index contributed by atoms with van der Waals surface area (Å²) >= 11 is 0.